The molecule has 4 heteroatoms. The molecule has 0 radical (unpaired) electrons. The molecule has 112 valence electrons. The van der Waals surface area contributed by atoms with Crippen LogP contribution in [0.5, 0.6) is 11.5 Å². The van der Waals surface area contributed by atoms with Crippen molar-refractivity contribution >= 4 is 11.6 Å². The summed E-state index contributed by atoms with van der Waals surface area (Å²) in [4.78, 5) is 0. The second-order valence-electron chi connectivity index (χ2n) is 5.13. The van der Waals surface area contributed by atoms with Gasteiger partial charge in [-0.05, 0) is 44.4 Å². The van der Waals surface area contributed by atoms with E-state index in [-0.39, 0.29) is 0 Å². The smallest absolute Gasteiger partial charge is 0.179 e. The molecule has 0 aliphatic heterocycles. The van der Waals surface area contributed by atoms with Crippen LogP contribution in [0.4, 0.5) is 0 Å². The molecule has 0 bridgehead atoms. The first-order valence-electron chi connectivity index (χ1n) is 7.56. The molecule has 1 aliphatic rings. The maximum Gasteiger partial charge on any atom is 0.179 e. The lowest BCUT2D eigenvalue weighted by Gasteiger charge is -2.16. The summed E-state index contributed by atoms with van der Waals surface area (Å²) in [5, 5.41) is 4.22. The quantitative estimate of drug-likeness (QED) is 0.819. The average molecular weight is 298 g/mol. The van der Waals surface area contributed by atoms with Crippen molar-refractivity contribution in [2.45, 2.75) is 52.1 Å². The SMILES string of the molecule is CCOc1cc(CNC2CCCC2)cc(Cl)c1OCC. The normalized spacial score (nSPS) is 15.6. The fraction of sp³-hybridized carbons (Fsp3) is 0.625. The van der Waals surface area contributed by atoms with E-state index in [2.05, 4.69) is 5.32 Å². The Morgan fingerprint density at radius 1 is 1.15 bits per heavy atom. The highest BCUT2D eigenvalue weighted by atomic mass is 35.5. The zero-order valence-electron chi connectivity index (χ0n) is 12.4. The third-order valence-electron chi connectivity index (χ3n) is 3.61. The molecule has 1 fully saturated rings. The number of ether oxygens (including phenoxy) is 2. The van der Waals surface area contributed by atoms with Crippen molar-refractivity contribution in [3.05, 3.63) is 22.7 Å². The summed E-state index contributed by atoms with van der Waals surface area (Å²) in [5.74, 6) is 1.39. The molecule has 1 aromatic rings. The summed E-state index contributed by atoms with van der Waals surface area (Å²) in [5.41, 5.74) is 1.15. The second-order valence-corrected chi connectivity index (χ2v) is 5.54. The third kappa shape index (κ3) is 4.03. The minimum Gasteiger partial charge on any atom is -0.490 e. The van der Waals surface area contributed by atoms with Gasteiger partial charge in [0.2, 0.25) is 0 Å². The van der Waals surface area contributed by atoms with E-state index in [0.29, 0.717) is 30.0 Å². The van der Waals surface area contributed by atoms with Crippen LogP contribution in [-0.4, -0.2) is 19.3 Å². The standard InChI is InChI=1S/C16H24ClNO2/c1-3-19-15-10-12(9-14(17)16(15)20-4-2)11-18-13-7-5-6-8-13/h9-10,13,18H,3-8,11H2,1-2H3. The molecule has 0 amide bonds. The first-order chi connectivity index (χ1) is 9.74. The van der Waals surface area contributed by atoms with Gasteiger partial charge >= 0.3 is 0 Å². The molecule has 0 unspecified atom stereocenters. The Balaban J connectivity index is 2.08. The maximum absolute atomic E-state index is 6.31. The number of benzene rings is 1. The van der Waals surface area contributed by atoms with Crippen LogP contribution in [0.25, 0.3) is 0 Å². The Labute approximate surface area is 126 Å². The van der Waals surface area contributed by atoms with Gasteiger partial charge in [0.25, 0.3) is 0 Å². The van der Waals surface area contributed by atoms with Crippen molar-refractivity contribution in [3.8, 4) is 11.5 Å². The van der Waals surface area contributed by atoms with Crippen molar-refractivity contribution in [1.82, 2.24) is 5.32 Å². The zero-order chi connectivity index (χ0) is 14.4. The van der Waals surface area contributed by atoms with Gasteiger partial charge in [-0.2, -0.15) is 0 Å². The highest BCUT2D eigenvalue weighted by molar-refractivity contribution is 6.32. The van der Waals surface area contributed by atoms with Crippen LogP contribution < -0.4 is 14.8 Å². The molecule has 0 spiro atoms. The molecule has 1 aliphatic carbocycles. The van der Waals surface area contributed by atoms with Gasteiger partial charge in [0.05, 0.1) is 18.2 Å². The lowest BCUT2D eigenvalue weighted by Crippen LogP contribution is -2.25. The van der Waals surface area contributed by atoms with Gasteiger partial charge in [-0.15, -0.1) is 0 Å². The first kappa shape index (κ1) is 15.5. The molecule has 1 saturated carbocycles. The van der Waals surface area contributed by atoms with E-state index in [1.165, 1.54) is 25.7 Å². The van der Waals surface area contributed by atoms with Gasteiger partial charge in [0.1, 0.15) is 0 Å². The summed E-state index contributed by atoms with van der Waals surface area (Å²) < 4.78 is 11.2. The fourth-order valence-electron chi connectivity index (χ4n) is 2.66. The number of hydrogen-bond donors (Lipinski definition) is 1. The Morgan fingerprint density at radius 3 is 2.50 bits per heavy atom. The van der Waals surface area contributed by atoms with Gasteiger partial charge in [0, 0.05) is 12.6 Å². The van der Waals surface area contributed by atoms with Crippen LogP contribution in [0, 0.1) is 0 Å². The molecule has 1 N–H and O–H groups in total. The minimum atomic E-state index is 0.583. The van der Waals surface area contributed by atoms with E-state index >= 15 is 0 Å². The van der Waals surface area contributed by atoms with Gasteiger partial charge in [0.15, 0.2) is 11.5 Å². The molecule has 0 saturated heterocycles. The Bertz CT molecular complexity index is 431. The molecule has 0 aromatic heterocycles. The first-order valence-corrected chi connectivity index (χ1v) is 7.93. The summed E-state index contributed by atoms with van der Waals surface area (Å²) >= 11 is 6.31. The van der Waals surface area contributed by atoms with Crippen molar-refractivity contribution < 1.29 is 9.47 Å². The average Bonchev–Trinajstić information content (AvgIpc) is 2.94. The second kappa shape index (κ2) is 7.75. The van der Waals surface area contributed by atoms with Crippen LogP contribution in [0.3, 0.4) is 0 Å². The van der Waals surface area contributed by atoms with E-state index in [9.17, 15) is 0 Å². The lowest BCUT2D eigenvalue weighted by atomic mass is 10.1. The molecule has 2 rings (SSSR count). The Kier molecular flexibility index (Phi) is 5.99. The largest absolute Gasteiger partial charge is 0.490 e. The molecule has 20 heavy (non-hydrogen) atoms. The van der Waals surface area contributed by atoms with Crippen molar-refractivity contribution in [3.63, 3.8) is 0 Å². The molecule has 0 heterocycles. The molecule has 0 atom stereocenters. The number of hydrogen-bond acceptors (Lipinski definition) is 3. The molecular formula is C16H24ClNO2. The topological polar surface area (TPSA) is 30.5 Å². The molecule has 3 nitrogen and oxygen atoms in total. The van der Waals surface area contributed by atoms with Crippen LogP contribution in [-0.2, 0) is 6.54 Å². The maximum atomic E-state index is 6.31. The summed E-state index contributed by atoms with van der Waals surface area (Å²) in [6.45, 7) is 5.93. The van der Waals surface area contributed by atoms with Crippen LogP contribution in [0.1, 0.15) is 45.1 Å². The Hall–Kier alpha value is -0.930. The van der Waals surface area contributed by atoms with Crippen LogP contribution >= 0.6 is 11.6 Å². The van der Waals surface area contributed by atoms with E-state index < -0.39 is 0 Å². The fourth-order valence-corrected chi connectivity index (χ4v) is 2.95. The Morgan fingerprint density at radius 2 is 1.85 bits per heavy atom. The summed E-state index contributed by atoms with van der Waals surface area (Å²) in [6.07, 6.45) is 5.24. The zero-order valence-corrected chi connectivity index (χ0v) is 13.1. The van der Waals surface area contributed by atoms with Crippen molar-refractivity contribution in [2.75, 3.05) is 13.2 Å². The van der Waals surface area contributed by atoms with Gasteiger partial charge < -0.3 is 14.8 Å². The van der Waals surface area contributed by atoms with Crippen LogP contribution in [0.15, 0.2) is 12.1 Å². The number of halogens is 1. The minimum absolute atomic E-state index is 0.583. The molecule has 1 aromatic carbocycles. The van der Waals surface area contributed by atoms with E-state index in [1.807, 2.05) is 26.0 Å². The highest BCUT2D eigenvalue weighted by Crippen LogP contribution is 2.36. The monoisotopic (exact) mass is 297 g/mol. The van der Waals surface area contributed by atoms with Gasteiger partial charge in [-0.25, -0.2) is 0 Å². The summed E-state index contributed by atoms with van der Waals surface area (Å²) in [6, 6.07) is 4.65. The van der Waals surface area contributed by atoms with Crippen molar-refractivity contribution in [2.24, 2.45) is 0 Å². The lowest BCUT2D eigenvalue weighted by molar-refractivity contribution is 0.287. The predicted molar refractivity (Wildman–Crippen MR) is 82.9 cm³/mol. The predicted octanol–water partition coefficient (Wildman–Crippen LogP) is 4.17. The highest BCUT2D eigenvalue weighted by Gasteiger charge is 2.16. The van der Waals surface area contributed by atoms with E-state index in [0.717, 1.165) is 17.9 Å². The van der Waals surface area contributed by atoms with E-state index in [4.69, 9.17) is 21.1 Å². The van der Waals surface area contributed by atoms with Gasteiger partial charge in [-0.1, -0.05) is 24.4 Å². The van der Waals surface area contributed by atoms with Crippen molar-refractivity contribution in [1.29, 1.82) is 0 Å². The van der Waals surface area contributed by atoms with E-state index in [1.54, 1.807) is 0 Å². The third-order valence-corrected chi connectivity index (χ3v) is 3.89. The number of rotatable bonds is 7. The van der Waals surface area contributed by atoms with Crippen LogP contribution in [0.2, 0.25) is 5.02 Å². The summed E-state index contributed by atoms with van der Waals surface area (Å²) in [7, 11) is 0. The molecular weight excluding hydrogens is 274 g/mol. The van der Waals surface area contributed by atoms with Gasteiger partial charge in [-0.3, -0.25) is 0 Å². The number of nitrogens with one attached hydrogen (secondary N) is 1.